The van der Waals surface area contributed by atoms with E-state index in [-0.39, 0.29) is 16.6 Å². The van der Waals surface area contributed by atoms with E-state index >= 15 is 0 Å². The zero-order chi connectivity index (χ0) is 14.5. The topological polar surface area (TPSA) is 41.1 Å². The third-order valence-corrected chi connectivity index (χ3v) is 3.03. The lowest BCUT2D eigenvalue weighted by Crippen LogP contribution is -2.15. The monoisotopic (exact) mass is 292 g/mol. The molecule has 0 aliphatic heterocycles. The van der Waals surface area contributed by atoms with Crippen molar-refractivity contribution in [1.29, 1.82) is 0 Å². The smallest absolute Gasteiger partial charge is 0.257 e. The maximum absolute atomic E-state index is 13.8. The summed E-state index contributed by atoms with van der Waals surface area (Å²) in [5, 5.41) is 5.59. The van der Waals surface area contributed by atoms with Gasteiger partial charge in [0.25, 0.3) is 5.91 Å². The van der Waals surface area contributed by atoms with Crippen LogP contribution < -0.4 is 10.6 Å². The molecule has 3 nitrogen and oxygen atoms in total. The molecule has 20 heavy (non-hydrogen) atoms. The van der Waals surface area contributed by atoms with E-state index in [1.54, 1.807) is 24.3 Å². The number of benzene rings is 2. The van der Waals surface area contributed by atoms with E-state index in [1.807, 2.05) is 13.0 Å². The van der Waals surface area contributed by atoms with Gasteiger partial charge in [-0.2, -0.15) is 0 Å². The summed E-state index contributed by atoms with van der Waals surface area (Å²) in [7, 11) is 0. The molecule has 104 valence electrons. The lowest BCUT2D eigenvalue weighted by atomic mass is 10.1. The summed E-state index contributed by atoms with van der Waals surface area (Å²) in [6.45, 7) is 2.63. The number of amides is 1. The molecule has 1 amide bonds. The van der Waals surface area contributed by atoms with Crippen LogP contribution in [0.1, 0.15) is 17.3 Å². The van der Waals surface area contributed by atoms with Crippen LogP contribution in [0, 0.1) is 5.82 Å². The van der Waals surface area contributed by atoms with Gasteiger partial charge in [-0.3, -0.25) is 4.79 Å². The van der Waals surface area contributed by atoms with E-state index in [0.29, 0.717) is 17.8 Å². The summed E-state index contributed by atoms with van der Waals surface area (Å²) >= 11 is 5.69. The molecule has 2 aromatic carbocycles. The first-order valence-electron chi connectivity index (χ1n) is 6.21. The molecule has 0 unspecified atom stereocenters. The van der Waals surface area contributed by atoms with E-state index in [1.165, 1.54) is 12.1 Å². The predicted octanol–water partition coefficient (Wildman–Crippen LogP) is 4.16. The van der Waals surface area contributed by atoms with Crippen LogP contribution in [-0.4, -0.2) is 12.5 Å². The van der Waals surface area contributed by atoms with Crippen molar-refractivity contribution >= 4 is 28.9 Å². The Bertz CT molecular complexity index is 631. The van der Waals surface area contributed by atoms with Gasteiger partial charge in [-0.15, -0.1) is 0 Å². The Morgan fingerprint density at radius 3 is 2.60 bits per heavy atom. The van der Waals surface area contributed by atoms with Gasteiger partial charge in [0.2, 0.25) is 0 Å². The fourth-order valence-corrected chi connectivity index (χ4v) is 1.99. The minimum Gasteiger partial charge on any atom is -0.385 e. The molecule has 0 saturated heterocycles. The highest BCUT2D eigenvalue weighted by Gasteiger charge is 2.13. The summed E-state index contributed by atoms with van der Waals surface area (Å²) in [4.78, 5) is 12.2. The fourth-order valence-electron chi connectivity index (χ4n) is 1.82. The Labute approximate surface area is 121 Å². The standard InChI is InChI=1S/C15H14ClFN2O/c1-2-18-12-8-4-3-6-10(12)15(20)19-13-9-5-7-11(16)14(13)17/h3-9,18H,2H2,1H3,(H,19,20). The minimum absolute atomic E-state index is 0.0252. The van der Waals surface area contributed by atoms with E-state index in [4.69, 9.17) is 11.6 Å². The first-order valence-corrected chi connectivity index (χ1v) is 6.59. The second-order valence-electron chi connectivity index (χ2n) is 4.13. The number of carbonyl (C=O) groups is 1. The summed E-state index contributed by atoms with van der Waals surface area (Å²) < 4.78 is 13.8. The van der Waals surface area contributed by atoms with Crippen molar-refractivity contribution < 1.29 is 9.18 Å². The molecule has 0 aromatic heterocycles. The number of hydrogen-bond donors (Lipinski definition) is 2. The second kappa shape index (κ2) is 6.39. The number of halogens is 2. The molecule has 0 fully saturated rings. The zero-order valence-corrected chi connectivity index (χ0v) is 11.7. The van der Waals surface area contributed by atoms with Crippen LogP contribution in [-0.2, 0) is 0 Å². The number of hydrogen-bond acceptors (Lipinski definition) is 2. The van der Waals surface area contributed by atoms with Crippen LogP contribution in [0.25, 0.3) is 0 Å². The lowest BCUT2D eigenvalue weighted by Gasteiger charge is -2.11. The normalized spacial score (nSPS) is 10.2. The van der Waals surface area contributed by atoms with Gasteiger partial charge in [0.1, 0.15) is 0 Å². The summed E-state index contributed by atoms with van der Waals surface area (Å²) in [5.74, 6) is -1.02. The van der Waals surface area contributed by atoms with Crippen molar-refractivity contribution in [1.82, 2.24) is 0 Å². The molecule has 0 aliphatic rings. The molecule has 2 N–H and O–H groups in total. The highest BCUT2D eigenvalue weighted by atomic mass is 35.5. The van der Waals surface area contributed by atoms with Gasteiger partial charge >= 0.3 is 0 Å². The Morgan fingerprint density at radius 1 is 1.15 bits per heavy atom. The van der Waals surface area contributed by atoms with E-state index in [0.717, 1.165) is 0 Å². The molecule has 5 heteroatoms. The molecule has 0 spiro atoms. The molecule has 0 radical (unpaired) electrons. The molecule has 0 aliphatic carbocycles. The molecule has 0 saturated carbocycles. The zero-order valence-electron chi connectivity index (χ0n) is 10.9. The van der Waals surface area contributed by atoms with Gasteiger partial charge in [-0.25, -0.2) is 4.39 Å². The number of rotatable bonds is 4. The molecule has 2 aromatic rings. The average molecular weight is 293 g/mol. The van der Waals surface area contributed by atoms with Crippen LogP contribution in [0.2, 0.25) is 5.02 Å². The molecule has 0 bridgehead atoms. The molecule has 0 heterocycles. The average Bonchev–Trinajstić information content (AvgIpc) is 2.45. The maximum Gasteiger partial charge on any atom is 0.257 e. The van der Waals surface area contributed by atoms with Gasteiger partial charge in [-0.1, -0.05) is 29.8 Å². The number of carbonyl (C=O) groups excluding carboxylic acids is 1. The van der Waals surface area contributed by atoms with E-state index in [2.05, 4.69) is 10.6 Å². The third-order valence-electron chi connectivity index (χ3n) is 2.74. The van der Waals surface area contributed by atoms with Gasteiger partial charge in [0.05, 0.1) is 16.3 Å². The van der Waals surface area contributed by atoms with Gasteiger partial charge in [0.15, 0.2) is 5.82 Å². The Hall–Kier alpha value is -2.07. The minimum atomic E-state index is -0.636. The number of anilines is 2. The first kappa shape index (κ1) is 14.3. The first-order chi connectivity index (χ1) is 9.63. The van der Waals surface area contributed by atoms with E-state index < -0.39 is 5.82 Å². The van der Waals surface area contributed by atoms with E-state index in [9.17, 15) is 9.18 Å². The van der Waals surface area contributed by atoms with Crippen molar-refractivity contribution in [2.45, 2.75) is 6.92 Å². The molecule has 2 rings (SSSR count). The molecular weight excluding hydrogens is 279 g/mol. The van der Waals surface area contributed by atoms with Crippen LogP contribution in [0.4, 0.5) is 15.8 Å². The second-order valence-corrected chi connectivity index (χ2v) is 4.54. The maximum atomic E-state index is 13.8. The number of nitrogens with one attached hydrogen (secondary N) is 2. The highest BCUT2D eigenvalue weighted by molar-refractivity contribution is 6.31. The van der Waals surface area contributed by atoms with Crippen molar-refractivity contribution in [3.63, 3.8) is 0 Å². The summed E-state index contributed by atoms with van der Waals surface area (Å²) in [6, 6.07) is 11.5. The third kappa shape index (κ3) is 3.08. The SMILES string of the molecule is CCNc1ccccc1C(=O)Nc1cccc(Cl)c1F. The van der Waals surface area contributed by atoms with Crippen molar-refractivity contribution in [2.24, 2.45) is 0 Å². The highest BCUT2D eigenvalue weighted by Crippen LogP contribution is 2.23. The Kier molecular flexibility index (Phi) is 4.58. The molecular formula is C15H14ClFN2O. The lowest BCUT2D eigenvalue weighted by molar-refractivity contribution is 0.102. The fraction of sp³-hybridized carbons (Fsp3) is 0.133. The largest absolute Gasteiger partial charge is 0.385 e. The van der Waals surface area contributed by atoms with Gasteiger partial charge in [0, 0.05) is 12.2 Å². The van der Waals surface area contributed by atoms with Crippen molar-refractivity contribution in [3.05, 3.63) is 58.9 Å². The Morgan fingerprint density at radius 2 is 1.85 bits per heavy atom. The van der Waals surface area contributed by atoms with Gasteiger partial charge in [-0.05, 0) is 31.2 Å². The predicted molar refractivity (Wildman–Crippen MR) is 80.0 cm³/mol. The molecule has 0 atom stereocenters. The Balaban J connectivity index is 2.26. The quantitative estimate of drug-likeness (QED) is 0.888. The van der Waals surface area contributed by atoms with Gasteiger partial charge < -0.3 is 10.6 Å². The van der Waals surface area contributed by atoms with Crippen LogP contribution in [0.5, 0.6) is 0 Å². The van der Waals surface area contributed by atoms with Crippen molar-refractivity contribution in [3.8, 4) is 0 Å². The van der Waals surface area contributed by atoms with Crippen LogP contribution in [0.15, 0.2) is 42.5 Å². The summed E-state index contributed by atoms with van der Waals surface area (Å²) in [5.41, 5.74) is 1.22. The van der Waals surface area contributed by atoms with Crippen LogP contribution >= 0.6 is 11.6 Å². The number of para-hydroxylation sites is 1. The van der Waals surface area contributed by atoms with Crippen LogP contribution in [0.3, 0.4) is 0 Å². The summed E-state index contributed by atoms with van der Waals surface area (Å²) in [6.07, 6.45) is 0. The van der Waals surface area contributed by atoms with Crippen molar-refractivity contribution in [2.75, 3.05) is 17.2 Å².